The van der Waals surface area contributed by atoms with Gasteiger partial charge in [-0.3, -0.25) is 0 Å². The molecule has 0 radical (unpaired) electrons. The molecule has 3 atom stereocenters. The van der Waals surface area contributed by atoms with E-state index in [1.807, 2.05) is 12.1 Å². The molecule has 8 heteroatoms. The van der Waals surface area contributed by atoms with Crippen molar-refractivity contribution in [1.82, 2.24) is 10.2 Å². The molecule has 2 aliphatic heterocycles. The van der Waals surface area contributed by atoms with Crippen molar-refractivity contribution in [2.75, 3.05) is 38.7 Å². The summed E-state index contributed by atoms with van der Waals surface area (Å²) in [5, 5.41) is 5.55. The van der Waals surface area contributed by atoms with Crippen molar-refractivity contribution in [3.8, 4) is 5.75 Å². The van der Waals surface area contributed by atoms with E-state index in [9.17, 15) is 13.6 Å². The fourth-order valence-electron chi connectivity index (χ4n) is 4.77. The van der Waals surface area contributed by atoms with E-state index in [0.29, 0.717) is 30.5 Å². The van der Waals surface area contributed by atoms with Crippen molar-refractivity contribution in [1.29, 1.82) is 0 Å². The average Bonchev–Trinajstić information content (AvgIpc) is 2.84. The van der Waals surface area contributed by atoms with Gasteiger partial charge < -0.3 is 25.0 Å². The molecule has 2 heterocycles. The Morgan fingerprint density at radius 3 is 2.47 bits per heavy atom. The maximum absolute atomic E-state index is 14.8. The summed E-state index contributed by atoms with van der Waals surface area (Å²) in [4.78, 5) is 14.8. The zero-order chi connectivity index (χ0) is 23.9. The lowest BCUT2D eigenvalue weighted by Gasteiger charge is -2.39. The summed E-state index contributed by atoms with van der Waals surface area (Å²) in [5.41, 5.74) is 1.76. The first-order valence-electron chi connectivity index (χ1n) is 11.9. The maximum Gasteiger partial charge on any atom is 0.319 e. The Morgan fingerprint density at radius 1 is 1.09 bits per heavy atom. The van der Waals surface area contributed by atoms with Gasteiger partial charge in [0.25, 0.3) is 0 Å². The van der Waals surface area contributed by atoms with Crippen molar-refractivity contribution < 1.29 is 23.0 Å². The van der Waals surface area contributed by atoms with Gasteiger partial charge in [0.1, 0.15) is 17.7 Å². The van der Waals surface area contributed by atoms with Gasteiger partial charge in [-0.1, -0.05) is 12.1 Å². The number of methoxy groups -OCH3 is 1. The highest BCUT2D eigenvalue weighted by Crippen LogP contribution is 2.25. The Morgan fingerprint density at radius 2 is 1.79 bits per heavy atom. The summed E-state index contributed by atoms with van der Waals surface area (Å²) in [6.45, 7) is 2.73. The number of carbonyl (C=O) groups is 1. The number of amides is 2. The Bertz CT molecular complexity index is 918. The molecule has 0 bridgehead atoms. The first kappa shape index (κ1) is 24.4. The number of halogens is 2. The van der Waals surface area contributed by atoms with Gasteiger partial charge in [-0.25, -0.2) is 13.6 Å². The monoisotopic (exact) mass is 473 g/mol. The molecular formula is C26H33F2N3O3. The molecule has 2 aliphatic rings. The lowest BCUT2D eigenvalue weighted by Crippen LogP contribution is -2.58. The van der Waals surface area contributed by atoms with E-state index in [2.05, 4.69) is 15.5 Å². The number of piperidine rings is 1. The van der Waals surface area contributed by atoms with Crippen LogP contribution in [0, 0.1) is 11.7 Å². The minimum Gasteiger partial charge on any atom is -0.497 e. The number of benzene rings is 2. The van der Waals surface area contributed by atoms with E-state index < -0.39 is 24.3 Å². The van der Waals surface area contributed by atoms with Crippen LogP contribution in [0.1, 0.15) is 24.8 Å². The molecule has 0 spiro atoms. The zero-order valence-electron chi connectivity index (χ0n) is 19.5. The van der Waals surface area contributed by atoms with E-state index >= 15 is 0 Å². The molecule has 6 nitrogen and oxygen atoms in total. The second-order valence-electron chi connectivity index (χ2n) is 9.14. The van der Waals surface area contributed by atoms with Gasteiger partial charge in [-0.2, -0.15) is 0 Å². The van der Waals surface area contributed by atoms with Gasteiger partial charge in [-0.15, -0.1) is 0 Å². The van der Waals surface area contributed by atoms with Crippen molar-refractivity contribution in [2.24, 2.45) is 5.92 Å². The fourth-order valence-corrected chi connectivity index (χ4v) is 4.77. The lowest BCUT2D eigenvalue weighted by molar-refractivity contribution is -0.0590. The quantitative estimate of drug-likeness (QED) is 0.626. The number of carbonyl (C=O) groups excluding carboxylic acids is 1. The lowest BCUT2D eigenvalue weighted by atomic mass is 9.89. The van der Waals surface area contributed by atoms with Crippen molar-refractivity contribution in [3.05, 3.63) is 59.9 Å². The molecule has 34 heavy (non-hydrogen) atoms. The second-order valence-corrected chi connectivity index (χ2v) is 9.14. The summed E-state index contributed by atoms with van der Waals surface area (Å²) in [6, 6.07) is 12.5. The smallest absolute Gasteiger partial charge is 0.319 e. The SMILES string of the molecule is COc1ccc(NC(=O)N[C@@H]2[C@@H](F)CCO[C@@H]2CN2CCC(Cc3ccc(F)cc3)CC2)cc1. The van der Waals surface area contributed by atoms with Gasteiger partial charge in [0.05, 0.1) is 19.3 Å². The predicted molar refractivity (Wildman–Crippen MR) is 127 cm³/mol. The number of alkyl halides is 1. The molecule has 0 aliphatic carbocycles. The Kier molecular flexibility index (Phi) is 8.34. The number of hydrogen-bond acceptors (Lipinski definition) is 4. The number of likely N-dealkylation sites (tertiary alicyclic amines) is 1. The average molecular weight is 474 g/mol. The highest BCUT2D eigenvalue weighted by molar-refractivity contribution is 5.89. The van der Waals surface area contributed by atoms with E-state index in [-0.39, 0.29) is 12.2 Å². The summed E-state index contributed by atoms with van der Waals surface area (Å²) < 4.78 is 39.0. The molecule has 0 aromatic heterocycles. The third kappa shape index (κ3) is 6.67. The minimum absolute atomic E-state index is 0.210. The minimum atomic E-state index is -1.16. The number of hydrogen-bond donors (Lipinski definition) is 2. The highest BCUT2D eigenvalue weighted by atomic mass is 19.1. The van der Waals surface area contributed by atoms with Crippen molar-refractivity contribution in [2.45, 2.75) is 44.0 Å². The van der Waals surface area contributed by atoms with Crippen molar-refractivity contribution >= 4 is 11.7 Å². The van der Waals surface area contributed by atoms with Crippen LogP contribution in [0.3, 0.4) is 0 Å². The normalized spacial score (nSPS) is 23.9. The first-order chi connectivity index (χ1) is 16.5. The number of nitrogens with one attached hydrogen (secondary N) is 2. The molecule has 2 N–H and O–H groups in total. The molecule has 0 unspecified atom stereocenters. The predicted octanol–water partition coefficient (Wildman–Crippen LogP) is 4.41. The number of urea groups is 1. The summed E-state index contributed by atoms with van der Waals surface area (Å²) >= 11 is 0. The van der Waals surface area contributed by atoms with E-state index in [4.69, 9.17) is 9.47 Å². The second kappa shape index (κ2) is 11.6. The van der Waals surface area contributed by atoms with Gasteiger partial charge in [-0.05, 0) is 80.2 Å². The van der Waals surface area contributed by atoms with Gasteiger partial charge >= 0.3 is 6.03 Å². The molecule has 2 aromatic carbocycles. The molecule has 2 amide bonds. The summed E-state index contributed by atoms with van der Waals surface area (Å²) in [6.07, 6.45) is 1.70. The summed E-state index contributed by atoms with van der Waals surface area (Å²) in [7, 11) is 1.58. The van der Waals surface area contributed by atoms with Gasteiger partial charge in [0.2, 0.25) is 0 Å². The Hall–Kier alpha value is -2.71. The van der Waals surface area contributed by atoms with Crippen LogP contribution in [0.5, 0.6) is 5.75 Å². The van der Waals surface area contributed by atoms with E-state index in [1.165, 1.54) is 12.1 Å². The molecule has 4 rings (SSSR count). The first-order valence-corrected chi connectivity index (χ1v) is 11.9. The number of nitrogens with zero attached hydrogens (tertiary/aromatic N) is 1. The molecule has 0 saturated carbocycles. The Balaban J connectivity index is 1.27. The van der Waals surface area contributed by atoms with Crippen LogP contribution in [0.4, 0.5) is 19.3 Å². The highest BCUT2D eigenvalue weighted by Gasteiger charge is 2.37. The number of ether oxygens (including phenoxy) is 2. The van der Waals surface area contributed by atoms with E-state index in [1.54, 1.807) is 31.4 Å². The van der Waals surface area contributed by atoms with Crippen LogP contribution >= 0.6 is 0 Å². The van der Waals surface area contributed by atoms with Crippen LogP contribution in [0.15, 0.2) is 48.5 Å². The largest absolute Gasteiger partial charge is 0.497 e. The van der Waals surface area contributed by atoms with E-state index in [0.717, 1.165) is 37.9 Å². The third-order valence-electron chi connectivity index (χ3n) is 6.74. The fraction of sp³-hybridized carbons (Fsp3) is 0.500. The van der Waals surface area contributed by atoms with Crippen LogP contribution in [-0.2, 0) is 11.2 Å². The van der Waals surface area contributed by atoms with Gasteiger partial charge in [0, 0.05) is 25.3 Å². The molecule has 2 aromatic rings. The number of anilines is 1. The number of rotatable bonds is 7. The van der Waals surface area contributed by atoms with Crippen LogP contribution in [0.25, 0.3) is 0 Å². The maximum atomic E-state index is 14.8. The molecule has 2 saturated heterocycles. The molecule has 184 valence electrons. The molecular weight excluding hydrogens is 440 g/mol. The van der Waals surface area contributed by atoms with Crippen molar-refractivity contribution in [3.63, 3.8) is 0 Å². The van der Waals surface area contributed by atoms with Gasteiger partial charge in [0.15, 0.2) is 0 Å². The van der Waals surface area contributed by atoms with Crippen LogP contribution < -0.4 is 15.4 Å². The molecule has 2 fully saturated rings. The van der Waals surface area contributed by atoms with Crippen LogP contribution in [-0.4, -0.2) is 62.6 Å². The Labute approximate surface area is 199 Å². The zero-order valence-corrected chi connectivity index (χ0v) is 19.5. The standard InChI is InChI=1S/C26H33F2N3O3/c1-33-22-8-6-21(7-9-22)29-26(32)30-25-23(28)12-15-34-24(25)17-31-13-10-19(11-14-31)16-18-2-4-20(27)5-3-18/h2-9,19,23-25H,10-17H2,1H3,(H2,29,30,32)/t23-,24+,25+/m0/s1. The third-order valence-corrected chi connectivity index (χ3v) is 6.74. The van der Waals surface area contributed by atoms with Crippen LogP contribution in [0.2, 0.25) is 0 Å². The topological polar surface area (TPSA) is 62.8 Å². The summed E-state index contributed by atoms with van der Waals surface area (Å²) in [5.74, 6) is 1.03.